The molecule has 1 fully saturated rings. The molecule has 0 radical (unpaired) electrons. The van der Waals surface area contributed by atoms with E-state index in [1.54, 1.807) is 18.3 Å². The van der Waals surface area contributed by atoms with Crippen LogP contribution in [0.4, 0.5) is 5.69 Å². The largest absolute Gasteiger partial charge is 0.323 e. The maximum Gasteiger partial charge on any atom is 0.241 e. The molecular weight excluding hydrogens is 214 g/mol. The SMILES string of the molecule is O=C(Nc1ccc(Cl)nc1)[C@H]1CCCN1. The summed E-state index contributed by atoms with van der Waals surface area (Å²) in [6.45, 7) is 0.914. The second-order valence-corrected chi connectivity index (χ2v) is 3.90. The number of anilines is 1. The van der Waals surface area contributed by atoms with E-state index in [2.05, 4.69) is 15.6 Å². The minimum absolute atomic E-state index is 0.00313. The van der Waals surface area contributed by atoms with Gasteiger partial charge in [0.2, 0.25) is 5.91 Å². The van der Waals surface area contributed by atoms with Gasteiger partial charge in [-0.3, -0.25) is 4.79 Å². The van der Waals surface area contributed by atoms with Gasteiger partial charge in [0.05, 0.1) is 17.9 Å². The summed E-state index contributed by atoms with van der Waals surface area (Å²) in [7, 11) is 0. The zero-order valence-corrected chi connectivity index (χ0v) is 8.92. The molecule has 0 spiro atoms. The van der Waals surface area contributed by atoms with Crippen LogP contribution in [-0.4, -0.2) is 23.5 Å². The van der Waals surface area contributed by atoms with Gasteiger partial charge in [0.15, 0.2) is 0 Å². The molecule has 1 aliphatic rings. The Bertz CT molecular complexity index is 346. The summed E-state index contributed by atoms with van der Waals surface area (Å²) >= 11 is 5.64. The maximum atomic E-state index is 11.7. The molecule has 4 nitrogen and oxygen atoms in total. The third-order valence-corrected chi connectivity index (χ3v) is 2.60. The highest BCUT2D eigenvalue weighted by atomic mass is 35.5. The minimum atomic E-state index is -0.0688. The zero-order chi connectivity index (χ0) is 10.7. The van der Waals surface area contributed by atoms with Crippen LogP contribution in [0.15, 0.2) is 18.3 Å². The van der Waals surface area contributed by atoms with Gasteiger partial charge in [-0.05, 0) is 31.5 Å². The van der Waals surface area contributed by atoms with E-state index in [9.17, 15) is 4.79 Å². The standard InChI is InChI=1S/C10H12ClN3O/c11-9-4-3-7(6-13-9)14-10(15)8-2-1-5-12-8/h3-4,6,8,12H,1-2,5H2,(H,14,15)/t8-/m1/s1. The predicted molar refractivity (Wildman–Crippen MR) is 58.9 cm³/mol. The van der Waals surface area contributed by atoms with Gasteiger partial charge in [-0.25, -0.2) is 4.98 Å². The third-order valence-electron chi connectivity index (χ3n) is 2.37. The van der Waals surface area contributed by atoms with Crippen molar-refractivity contribution >= 4 is 23.2 Å². The van der Waals surface area contributed by atoms with E-state index in [1.807, 2.05) is 0 Å². The Hall–Kier alpha value is -1.13. The van der Waals surface area contributed by atoms with Gasteiger partial charge in [0.1, 0.15) is 5.15 Å². The summed E-state index contributed by atoms with van der Waals surface area (Å²) in [6, 6.07) is 3.32. The lowest BCUT2D eigenvalue weighted by molar-refractivity contribution is -0.117. The topological polar surface area (TPSA) is 54.0 Å². The molecule has 1 amide bonds. The number of halogens is 1. The maximum absolute atomic E-state index is 11.7. The molecule has 2 N–H and O–H groups in total. The van der Waals surface area contributed by atoms with Crippen molar-refractivity contribution in [3.8, 4) is 0 Å². The fraction of sp³-hybridized carbons (Fsp3) is 0.400. The number of nitrogens with one attached hydrogen (secondary N) is 2. The van der Waals surface area contributed by atoms with Crippen molar-refractivity contribution in [2.75, 3.05) is 11.9 Å². The van der Waals surface area contributed by atoms with E-state index in [4.69, 9.17) is 11.6 Å². The van der Waals surface area contributed by atoms with Crippen molar-refractivity contribution in [2.45, 2.75) is 18.9 Å². The second-order valence-electron chi connectivity index (χ2n) is 3.51. The molecule has 1 aromatic heterocycles. The Labute approximate surface area is 93.0 Å². The van der Waals surface area contributed by atoms with E-state index >= 15 is 0 Å². The summed E-state index contributed by atoms with van der Waals surface area (Å²) in [5, 5.41) is 6.34. The molecule has 0 aliphatic carbocycles. The first-order valence-electron chi connectivity index (χ1n) is 4.91. The van der Waals surface area contributed by atoms with Crippen LogP contribution in [0.5, 0.6) is 0 Å². The Balaban J connectivity index is 1.96. The third kappa shape index (κ3) is 2.67. The number of hydrogen-bond acceptors (Lipinski definition) is 3. The van der Waals surface area contributed by atoms with Gasteiger partial charge >= 0.3 is 0 Å². The van der Waals surface area contributed by atoms with Crippen molar-refractivity contribution in [3.05, 3.63) is 23.5 Å². The Kier molecular flexibility index (Phi) is 3.18. The molecule has 80 valence electrons. The zero-order valence-electron chi connectivity index (χ0n) is 8.16. The predicted octanol–water partition coefficient (Wildman–Crippen LogP) is 1.43. The van der Waals surface area contributed by atoms with Crippen LogP contribution in [0.3, 0.4) is 0 Å². The smallest absolute Gasteiger partial charge is 0.241 e. The van der Waals surface area contributed by atoms with E-state index in [1.165, 1.54) is 0 Å². The highest BCUT2D eigenvalue weighted by Crippen LogP contribution is 2.12. The normalized spacial score (nSPS) is 20.2. The van der Waals surface area contributed by atoms with Crippen molar-refractivity contribution in [1.29, 1.82) is 0 Å². The molecule has 15 heavy (non-hydrogen) atoms. The molecule has 1 saturated heterocycles. The van der Waals surface area contributed by atoms with Crippen LogP contribution in [0.2, 0.25) is 5.15 Å². The van der Waals surface area contributed by atoms with E-state index < -0.39 is 0 Å². The van der Waals surface area contributed by atoms with E-state index in [0.29, 0.717) is 10.8 Å². The number of carbonyl (C=O) groups is 1. The highest BCUT2D eigenvalue weighted by molar-refractivity contribution is 6.29. The lowest BCUT2D eigenvalue weighted by Gasteiger charge is -2.10. The molecule has 0 saturated carbocycles. The molecule has 5 heteroatoms. The lowest BCUT2D eigenvalue weighted by Crippen LogP contribution is -2.35. The highest BCUT2D eigenvalue weighted by Gasteiger charge is 2.21. The monoisotopic (exact) mass is 225 g/mol. The number of hydrogen-bond donors (Lipinski definition) is 2. The summed E-state index contributed by atoms with van der Waals surface area (Å²) in [5.74, 6) is -0.00313. The Morgan fingerprint density at radius 2 is 2.47 bits per heavy atom. The number of rotatable bonds is 2. The number of pyridine rings is 1. The van der Waals surface area contributed by atoms with Gasteiger partial charge in [0, 0.05) is 0 Å². The number of amides is 1. The summed E-state index contributed by atoms with van der Waals surface area (Å²) in [6.07, 6.45) is 3.50. The summed E-state index contributed by atoms with van der Waals surface area (Å²) in [4.78, 5) is 15.6. The molecule has 0 bridgehead atoms. The average molecular weight is 226 g/mol. The first kappa shape index (κ1) is 10.4. The fourth-order valence-corrected chi connectivity index (χ4v) is 1.70. The summed E-state index contributed by atoms with van der Waals surface area (Å²) < 4.78 is 0. The molecule has 0 unspecified atom stereocenters. The van der Waals surface area contributed by atoms with Crippen molar-refractivity contribution in [3.63, 3.8) is 0 Å². The first-order chi connectivity index (χ1) is 7.25. The Morgan fingerprint density at radius 3 is 3.07 bits per heavy atom. The number of nitrogens with zero attached hydrogens (tertiary/aromatic N) is 1. The molecule has 0 aromatic carbocycles. The van der Waals surface area contributed by atoms with E-state index in [0.717, 1.165) is 19.4 Å². The summed E-state index contributed by atoms with van der Waals surface area (Å²) in [5.41, 5.74) is 0.679. The van der Waals surface area contributed by atoms with Crippen LogP contribution >= 0.6 is 11.6 Å². The number of aromatic nitrogens is 1. The molecule has 1 aliphatic heterocycles. The average Bonchev–Trinajstić information content (AvgIpc) is 2.74. The molecule has 1 aromatic rings. The quantitative estimate of drug-likeness (QED) is 0.749. The van der Waals surface area contributed by atoms with Gasteiger partial charge in [-0.1, -0.05) is 11.6 Å². The van der Waals surface area contributed by atoms with Crippen molar-refractivity contribution in [2.24, 2.45) is 0 Å². The van der Waals surface area contributed by atoms with Crippen LogP contribution in [-0.2, 0) is 4.79 Å². The van der Waals surface area contributed by atoms with Crippen molar-refractivity contribution < 1.29 is 4.79 Å². The molecular formula is C10H12ClN3O. The first-order valence-corrected chi connectivity index (χ1v) is 5.29. The van der Waals surface area contributed by atoms with Crippen LogP contribution in [0.25, 0.3) is 0 Å². The van der Waals surface area contributed by atoms with Crippen LogP contribution in [0.1, 0.15) is 12.8 Å². The fourth-order valence-electron chi connectivity index (χ4n) is 1.59. The molecule has 2 heterocycles. The number of carbonyl (C=O) groups excluding carboxylic acids is 1. The van der Waals surface area contributed by atoms with Crippen LogP contribution < -0.4 is 10.6 Å². The van der Waals surface area contributed by atoms with Crippen LogP contribution in [0, 0.1) is 0 Å². The van der Waals surface area contributed by atoms with Gasteiger partial charge in [-0.15, -0.1) is 0 Å². The second kappa shape index (κ2) is 4.59. The van der Waals surface area contributed by atoms with Crippen molar-refractivity contribution in [1.82, 2.24) is 10.3 Å². The molecule has 2 rings (SSSR count). The minimum Gasteiger partial charge on any atom is -0.323 e. The Morgan fingerprint density at radius 1 is 1.60 bits per heavy atom. The van der Waals surface area contributed by atoms with Gasteiger partial charge < -0.3 is 10.6 Å². The molecule has 1 atom stereocenters. The van der Waals surface area contributed by atoms with Gasteiger partial charge in [-0.2, -0.15) is 0 Å². The van der Waals surface area contributed by atoms with Gasteiger partial charge in [0.25, 0.3) is 0 Å². The van der Waals surface area contributed by atoms with E-state index in [-0.39, 0.29) is 11.9 Å². The lowest BCUT2D eigenvalue weighted by atomic mass is 10.2.